The molecule has 1 aliphatic heterocycles. The molecule has 6 heteroatoms. The van der Waals surface area contributed by atoms with Crippen molar-refractivity contribution in [3.63, 3.8) is 0 Å². The van der Waals surface area contributed by atoms with Crippen molar-refractivity contribution in [1.29, 1.82) is 0 Å². The predicted molar refractivity (Wildman–Crippen MR) is 86.4 cm³/mol. The smallest absolute Gasteiger partial charge is 0.197 e. The van der Waals surface area contributed by atoms with E-state index in [1.54, 1.807) is 0 Å². The van der Waals surface area contributed by atoms with Crippen LogP contribution < -0.4 is 0 Å². The monoisotopic (exact) mass is 338 g/mol. The van der Waals surface area contributed by atoms with Crippen LogP contribution in [0.5, 0.6) is 0 Å². The molecule has 2 rings (SSSR count). The summed E-state index contributed by atoms with van der Waals surface area (Å²) in [5, 5.41) is 0. The number of aliphatic imine (C=N–C) groups is 1. The summed E-state index contributed by atoms with van der Waals surface area (Å²) in [7, 11) is 0. The quantitative estimate of drug-likeness (QED) is 0.264. The minimum Gasteiger partial charge on any atom is -0.299 e. The van der Waals surface area contributed by atoms with E-state index in [1.165, 1.54) is 0 Å². The number of hydrogen-bond acceptors (Lipinski definition) is 2. The highest BCUT2D eigenvalue weighted by molar-refractivity contribution is 6.14. The second kappa shape index (κ2) is 7.18. The lowest BCUT2D eigenvalue weighted by atomic mass is 9.97. The third kappa shape index (κ3) is 3.22. The first-order valence-corrected chi connectivity index (χ1v) is 7.60. The first-order chi connectivity index (χ1) is 11.3. The lowest BCUT2D eigenvalue weighted by Crippen LogP contribution is -2.32. The molecule has 0 atom stereocenters. The van der Waals surface area contributed by atoms with Crippen LogP contribution in [0.1, 0.15) is 25.8 Å². The molecule has 0 amide bonds. The summed E-state index contributed by atoms with van der Waals surface area (Å²) in [5.74, 6) is -3.92. The van der Waals surface area contributed by atoms with E-state index >= 15 is 0 Å². The van der Waals surface area contributed by atoms with Gasteiger partial charge in [0.2, 0.25) is 0 Å². The fraction of sp³-hybridized carbons (Fsp3) is 0.389. The maximum atomic E-state index is 14.1. The van der Waals surface area contributed by atoms with Crippen LogP contribution in [0.15, 0.2) is 16.1 Å². The summed E-state index contributed by atoms with van der Waals surface area (Å²) in [6.07, 6.45) is 6.02. The van der Waals surface area contributed by atoms with Crippen LogP contribution in [-0.4, -0.2) is 30.2 Å². The average molecular weight is 338 g/mol. The summed E-state index contributed by atoms with van der Waals surface area (Å²) < 4.78 is 55.0. The van der Waals surface area contributed by atoms with Gasteiger partial charge < -0.3 is 0 Å². The van der Waals surface area contributed by atoms with E-state index in [4.69, 9.17) is 6.42 Å². The van der Waals surface area contributed by atoms with Gasteiger partial charge in [0.25, 0.3) is 0 Å². The van der Waals surface area contributed by atoms with Gasteiger partial charge in [0, 0.05) is 18.7 Å². The van der Waals surface area contributed by atoms with E-state index in [0.29, 0.717) is 18.5 Å². The molecule has 0 unspecified atom stereocenters. The lowest BCUT2D eigenvalue weighted by Gasteiger charge is -2.28. The highest BCUT2D eigenvalue weighted by Crippen LogP contribution is 2.31. The Morgan fingerprint density at radius 3 is 2.33 bits per heavy atom. The zero-order chi connectivity index (χ0) is 18.0. The van der Waals surface area contributed by atoms with Gasteiger partial charge in [-0.05, 0) is 38.3 Å². The van der Waals surface area contributed by atoms with Crippen molar-refractivity contribution in [2.45, 2.75) is 27.2 Å². The lowest BCUT2D eigenvalue weighted by molar-refractivity contribution is 0.303. The molecule has 0 saturated heterocycles. The summed E-state index contributed by atoms with van der Waals surface area (Å²) in [6.45, 7) is 7.21. The Balaban J connectivity index is 2.56. The van der Waals surface area contributed by atoms with Crippen LogP contribution in [-0.2, 0) is 0 Å². The van der Waals surface area contributed by atoms with Gasteiger partial charge in [-0.15, -0.1) is 6.42 Å². The minimum absolute atomic E-state index is 0.0476. The van der Waals surface area contributed by atoms with Gasteiger partial charge in [0.15, 0.2) is 23.3 Å². The van der Waals surface area contributed by atoms with E-state index in [9.17, 15) is 17.6 Å². The topological polar surface area (TPSA) is 15.6 Å². The van der Waals surface area contributed by atoms with Crippen molar-refractivity contribution in [3.05, 3.63) is 40.0 Å². The molecule has 2 nitrogen and oxygen atoms in total. The van der Waals surface area contributed by atoms with Crippen LogP contribution in [0, 0.1) is 42.5 Å². The number of benzene rings is 1. The van der Waals surface area contributed by atoms with Crippen LogP contribution >= 0.6 is 0 Å². The molecule has 0 radical (unpaired) electrons. The van der Waals surface area contributed by atoms with Gasteiger partial charge in [-0.2, -0.15) is 0 Å². The largest absolute Gasteiger partial charge is 0.299 e. The van der Waals surface area contributed by atoms with E-state index in [0.717, 1.165) is 25.6 Å². The van der Waals surface area contributed by atoms with Crippen molar-refractivity contribution in [2.24, 2.45) is 4.99 Å². The molecular weight excluding hydrogens is 320 g/mol. The zero-order valence-electron chi connectivity index (χ0n) is 13.8. The van der Waals surface area contributed by atoms with Crippen molar-refractivity contribution in [1.82, 2.24) is 4.90 Å². The predicted octanol–water partition coefficient (Wildman–Crippen LogP) is 4.30. The number of terminal acetylenes is 1. The molecule has 0 bridgehead atoms. The van der Waals surface area contributed by atoms with Gasteiger partial charge in [0.05, 0.1) is 0 Å². The van der Waals surface area contributed by atoms with Crippen LogP contribution in [0.4, 0.5) is 23.2 Å². The molecule has 0 aromatic heterocycles. The molecule has 128 valence electrons. The van der Waals surface area contributed by atoms with Crippen molar-refractivity contribution < 1.29 is 17.6 Å². The Morgan fingerprint density at radius 1 is 1.12 bits per heavy atom. The number of likely N-dealkylation sites (N-methyl/N-ethyl adjacent to an activating group) is 1. The molecule has 1 aromatic rings. The molecule has 0 aliphatic carbocycles. The molecule has 1 aliphatic rings. The molecule has 1 aromatic carbocycles. The highest BCUT2D eigenvalue weighted by Gasteiger charge is 2.24. The molecule has 0 N–H and O–H groups in total. The number of hydrogen-bond donors (Lipinski definition) is 0. The van der Waals surface area contributed by atoms with E-state index < -0.39 is 34.5 Å². The third-order valence-corrected chi connectivity index (χ3v) is 4.21. The molecule has 0 spiro atoms. The SMILES string of the molecule is C#C/C(=N\c1c(F)c(C)c(F)c(F)c1F)C1=C(C)CN(CC)CC1. The summed E-state index contributed by atoms with van der Waals surface area (Å²) in [6, 6.07) is 0. The maximum absolute atomic E-state index is 14.1. The fourth-order valence-electron chi connectivity index (χ4n) is 2.72. The van der Waals surface area contributed by atoms with E-state index in [1.807, 2.05) is 13.8 Å². The second-order valence-electron chi connectivity index (χ2n) is 5.71. The van der Waals surface area contributed by atoms with Crippen molar-refractivity contribution >= 4 is 11.4 Å². The summed E-state index contributed by atoms with van der Waals surface area (Å²) in [5.41, 5.74) is 0.183. The normalized spacial score (nSPS) is 16.5. The first-order valence-electron chi connectivity index (χ1n) is 7.60. The van der Waals surface area contributed by atoms with Gasteiger partial charge in [-0.25, -0.2) is 22.6 Å². The summed E-state index contributed by atoms with van der Waals surface area (Å²) in [4.78, 5) is 6.00. The third-order valence-electron chi connectivity index (χ3n) is 4.21. The Morgan fingerprint density at radius 2 is 1.79 bits per heavy atom. The molecule has 0 fully saturated rings. The Labute approximate surface area is 138 Å². The number of halogens is 4. The Hall–Kier alpha value is -2.13. The number of rotatable bonds is 3. The standard InChI is InChI=1S/C18H18F4N2/c1-5-13(12-7-8-24(6-2)9-10(12)3)23-18-15(20)11(4)14(19)16(21)17(18)22/h1H,6-9H2,2-4H3/b23-13+. The van der Waals surface area contributed by atoms with Crippen LogP contribution in [0.2, 0.25) is 0 Å². The second-order valence-corrected chi connectivity index (χ2v) is 5.71. The molecule has 1 heterocycles. The average Bonchev–Trinajstić information content (AvgIpc) is 2.59. The molecular formula is C18H18F4N2. The highest BCUT2D eigenvalue weighted by atomic mass is 19.2. The van der Waals surface area contributed by atoms with Gasteiger partial charge in [0.1, 0.15) is 11.4 Å². The molecule has 0 saturated carbocycles. The van der Waals surface area contributed by atoms with Crippen molar-refractivity contribution in [3.8, 4) is 12.3 Å². The minimum atomic E-state index is -1.75. The van der Waals surface area contributed by atoms with Crippen LogP contribution in [0.3, 0.4) is 0 Å². The van der Waals surface area contributed by atoms with Gasteiger partial charge >= 0.3 is 0 Å². The Kier molecular flexibility index (Phi) is 5.45. The molecule has 24 heavy (non-hydrogen) atoms. The fourth-order valence-corrected chi connectivity index (χ4v) is 2.72. The van der Waals surface area contributed by atoms with Crippen LogP contribution in [0.25, 0.3) is 0 Å². The zero-order valence-corrected chi connectivity index (χ0v) is 13.8. The number of nitrogens with zero attached hydrogens (tertiary/aromatic N) is 2. The van der Waals surface area contributed by atoms with E-state index in [-0.39, 0.29) is 5.71 Å². The van der Waals surface area contributed by atoms with Gasteiger partial charge in [-0.1, -0.05) is 12.5 Å². The van der Waals surface area contributed by atoms with Gasteiger partial charge in [-0.3, -0.25) is 4.90 Å². The first kappa shape index (κ1) is 18.2. The maximum Gasteiger partial charge on any atom is 0.197 e. The summed E-state index contributed by atoms with van der Waals surface area (Å²) >= 11 is 0. The van der Waals surface area contributed by atoms with Crippen molar-refractivity contribution in [2.75, 3.05) is 19.6 Å². The van der Waals surface area contributed by atoms with E-state index in [2.05, 4.69) is 15.8 Å². The Bertz CT molecular complexity index is 743.